The molecule has 7 nitrogen and oxygen atoms in total. The summed E-state index contributed by atoms with van der Waals surface area (Å²) >= 11 is 6.08. The van der Waals surface area contributed by atoms with Gasteiger partial charge in [-0.05, 0) is 75.8 Å². The Bertz CT molecular complexity index is 1020. The van der Waals surface area contributed by atoms with Gasteiger partial charge >= 0.3 is 0 Å². The van der Waals surface area contributed by atoms with Crippen LogP contribution in [0.2, 0.25) is 5.02 Å². The Labute approximate surface area is 186 Å². The number of hydrogen-bond donors (Lipinski definition) is 3. The van der Waals surface area contributed by atoms with E-state index >= 15 is 0 Å². The number of anilines is 1. The molecule has 3 rings (SSSR count). The van der Waals surface area contributed by atoms with Crippen LogP contribution in [0.25, 0.3) is 0 Å². The number of ketones is 1. The van der Waals surface area contributed by atoms with Crippen molar-refractivity contribution in [1.29, 1.82) is 0 Å². The summed E-state index contributed by atoms with van der Waals surface area (Å²) < 4.78 is 1.58. The topological polar surface area (TPSA) is 100 Å². The third-order valence-electron chi connectivity index (χ3n) is 5.91. The second-order valence-corrected chi connectivity index (χ2v) is 8.71. The summed E-state index contributed by atoms with van der Waals surface area (Å²) in [7, 11) is 1.67. The average molecular weight is 446 g/mol. The largest absolute Gasteiger partial charge is 0.393 e. The van der Waals surface area contributed by atoms with Crippen molar-refractivity contribution in [2.75, 3.05) is 5.32 Å². The fraction of sp³-hybridized carbons (Fsp3) is 0.435. The highest BCUT2D eigenvalue weighted by molar-refractivity contribution is 6.43. The molecule has 0 bridgehead atoms. The number of hydrogen-bond acceptors (Lipinski definition) is 4. The van der Waals surface area contributed by atoms with Crippen molar-refractivity contribution in [3.63, 3.8) is 0 Å². The Balaban J connectivity index is 1.81. The smallest absolute Gasteiger partial charge is 0.294 e. The Morgan fingerprint density at radius 2 is 1.71 bits per heavy atom. The Hall–Kier alpha value is -2.64. The van der Waals surface area contributed by atoms with Crippen molar-refractivity contribution in [3.05, 3.63) is 51.3 Å². The van der Waals surface area contributed by atoms with Crippen LogP contribution in [0.5, 0.6) is 0 Å². The van der Waals surface area contributed by atoms with Gasteiger partial charge in [-0.2, -0.15) is 0 Å². The molecule has 0 aliphatic heterocycles. The summed E-state index contributed by atoms with van der Waals surface area (Å²) in [5.74, 6) is -1.73. The van der Waals surface area contributed by atoms with Gasteiger partial charge in [0, 0.05) is 29.5 Å². The summed E-state index contributed by atoms with van der Waals surface area (Å²) in [6.07, 6.45) is 2.14. The molecule has 1 aliphatic carbocycles. The number of aliphatic hydroxyl groups is 1. The van der Waals surface area contributed by atoms with E-state index in [9.17, 15) is 19.5 Å². The molecule has 31 heavy (non-hydrogen) atoms. The Kier molecular flexibility index (Phi) is 6.86. The van der Waals surface area contributed by atoms with E-state index in [-0.39, 0.29) is 23.7 Å². The molecule has 0 atom stereocenters. The quantitative estimate of drug-likeness (QED) is 0.484. The highest BCUT2D eigenvalue weighted by Crippen LogP contribution is 2.25. The van der Waals surface area contributed by atoms with E-state index in [0.29, 0.717) is 53.2 Å². The fourth-order valence-corrected chi connectivity index (χ4v) is 4.50. The monoisotopic (exact) mass is 445 g/mol. The maximum Gasteiger partial charge on any atom is 0.294 e. The van der Waals surface area contributed by atoms with Crippen LogP contribution in [0.15, 0.2) is 18.2 Å². The van der Waals surface area contributed by atoms with Crippen LogP contribution in [-0.2, 0) is 11.8 Å². The summed E-state index contributed by atoms with van der Waals surface area (Å²) in [6.45, 7) is 5.29. The van der Waals surface area contributed by atoms with Gasteiger partial charge < -0.3 is 20.3 Å². The minimum Gasteiger partial charge on any atom is -0.393 e. The Morgan fingerprint density at radius 1 is 1.06 bits per heavy atom. The molecule has 0 radical (unpaired) electrons. The number of carbonyl (C=O) groups excluding carboxylic acids is 3. The molecule has 1 aliphatic rings. The maximum atomic E-state index is 13.0. The van der Waals surface area contributed by atoms with Crippen molar-refractivity contribution in [2.24, 2.45) is 7.05 Å². The van der Waals surface area contributed by atoms with Crippen LogP contribution in [0.3, 0.4) is 0 Å². The fourth-order valence-electron chi connectivity index (χ4n) is 4.21. The molecule has 0 spiro atoms. The standard InChI is InChI=1S/C23H28ClN3O4/c1-12-9-15(24)11-17(10-12)26-22(30)19-13(2)20(27(4)14(19)3)21(29)23(31)25-16-5-7-18(28)8-6-16/h9-11,16,18,28H,5-8H2,1-4H3,(H,25,31)(H,26,30)/t16-,18+. The minimum absolute atomic E-state index is 0.129. The van der Waals surface area contributed by atoms with E-state index in [4.69, 9.17) is 11.6 Å². The van der Waals surface area contributed by atoms with Gasteiger partial charge in [0.1, 0.15) is 0 Å². The molecule has 1 fully saturated rings. The zero-order valence-corrected chi connectivity index (χ0v) is 19.0. The van der Waals surface area contributed by atoms with E-state index in [1.807, 2.05) is 6.92 Å². The van der Waals surface area contributed by atoms with E-state index in [1.54, 1.807) is 43.7 Å². The normalized spacial score (nSPS) is 18.5. The number of carbonyl (C=O) groups is 3. The molecule has 0 saturated heterocycles. The molecule has 2 amide bonds. The molecule has 166 valence electrons. The molecule has 1 aromatic carbocycles. The average Bonchev–Trinajstić information content (AvgIpc) is 2.90. The van der Waals surface area contributed by atoms with E-state index < -0.39 is 11.7 Å². The van der Waals surface area contributed by atoms with Crippen molar-refractivity contribution in [1.82, 2.24) is 9.88 Å². The molecule has 3 N–H and O–H groups in total. The second kappa shape index (κ2) is 9.24. The highest BCUT2D eigenvalue weighted by Gasteiger charge is 2.30. The number of aryl methyl sites for hydroxylation is 1. The lowest BCUT2D eigenvalue weighted by atomic mass is 9.93. The lowest BCUT2D eigenvalue weighted by Gasteiger charge is -2.25. The SMILES string of the molecule is Cc1cc(Cl)cc(NC(=O)c2c(C)c(C(=O)C(=O)N[C@H]3CC[C@@H](O)CC3)n(C)c2C)c1. The predicted octanol–water partition coefficient (Wildman–Crippen LogP) is 3.46. The Morgan fingerprint density at radius 3 is 2.32 bits per heavy atom. The van der Waals surface area contributed by atoms with Crippen LogP contribution in [0.1, 0.15) is 63.4 Å². The molecule has 0 unspecified atom stereocenters. The first-order valence-electron chi connectivity index (χ1n) is 10.4. The number of rotatable bonds is 5. The van der Waals surface area contributed by atoms with Crippen LogP contribution in [0, 0.1) is 20.8 Å². The first-order chi connectivity index (χ1) is 14.6. The number of aromatic nitrogens is 1. The highest BCUT2D eigenvalue weighted by atomic mass is 35.5. The van der Waals surface area contributed by atoms with Gasteiger partial charge in [0.25, 0.3) is 17.6 Å². The van der Waals surface area contributed by atoms with Crippen LogP contribution in [-0.4, -0.2) is 39.4 Å². The van der Waals surface area contributed by atoms with Gasteiger partial charge in [-0.1, -0.05) is 11.6 Å². The lowest BCUT2D eigenvalue weighted by Crippen LogP contribution is -2.42. The maximum absolute atomic E-state index is 13.0. The minimum atomic E-state index is -0.692. The molecule has 1 aromatic heterocycles. The lowest BCUT2D eigenvalue weighted by molar-refractivity contribution is -0.118. The van der Waals surface area contributed by atoms with E-state index in [0.717, 1.165) is 5.56 Å². The third kappa shape index (κ3) is 4.99. The van der Waals surface area contributed by atoms with E-state index in [1.165, 1.54) is 0 Å². The molecule has 1 heterocycles. The molecular weight excluding hydrogens is 418 g/mol. The molecular formula is C23H28ClN3O4. The van der Waals surface area contributed by atoms with Gasteiger partial charge in [-0.15, -0.1) is 0 Å². The predicted molar refractivity (Wildman–Crippen MR) is 120 cm³/mol. The zero-order chi connectivity index (χ0) is 22.9. The van der Waals surface area contributed by atoms with Crippen molar-refractivity contribution >= 4 is 34.9 Å². The number of nitrogens with zero attached hydrogens (tertiary/aromatic N) is 1. The number of amides is 2. The molecule has 2 aromatic rings. The number of nitrogens with one attached hydrogen (secondary N) is 2. The van der Waals surface area contributed by atoms with Crippen LogP contribution in [0.4, 0.5) is 5.69 Å². The van der Waals surface area contributed by atoms with Crippen molar-refractivity contribution < 1.29 is 19.5 Å². The molecule has 8 heteroatoms. The number of halogens is 1. The molecule has 1 saturated carbocycles. The first kappa shape index (κ1) is 23.0. The van der Waals surface area contributed by atoms with Gasteiger partial charge in [-0.3, -0.25) is 14.4 Å². The van der Waals surface area contributed by atoms with E-state index in [2.05, 4.69) is 10.6 Å². The van der Waals surface area contributed by atoms with Crippen LogP contribution >= 0.6 is 11.6 Å². The van der Waals surface area contributed by atoms with Gasteiger partial charge in [-0.25, -0.2) is 0 Å². The first-order valence-corrected chi connectivity index (χ1v) is 10.7. The number of benzene rings is 1. The summed E-state index contributed by atoms with van der Waals surface area (Å²) in [5.41, 5.74) is 3.06. The van der Waals surface area contributed by atoms with Gasteiger partial charge in [0.15, 0.2) is 0 Å². The third-order valence-corrected chi connectivity index (χ3v) is 6.13. The number of aliphatic hydroxyl groups excluding tert-OH is 1. The van der Waals surface area contributed by atoms with Gasteiger partial charge in [0.2, 0.25) is 0 Å². The summed E-state index contributed by atoms with van der Waals surface area (Å²) in [6, 6.07) is 5.12. The van der Waals surface area contributed by atoms with Crippen molar-refractivity contribution in [3.8, 4) is 0 Å². The zero-order valence-electron chi connectivity index (χ0n) is 18.2. The summed E-state index contributed by atoms with van der Waals surface area (Å²) in [5, 5.41) is 15.7. The number of Topliss-reactive ketones (excluding diaryl/α,β-unsaturated/α-hetero) is 1. The summed E-state index contributed by atoms with van der Waals surface area (Å²) in [4.78, 5) is 38.5. The van der Waals surface area contributed by atoms with Crippen LogP contribution < -0.4 is 10.6 Å². The second-order valence-electron chi connectivity index (χ2n) is 8.27. The van der Waals surface area contributed by atoms with Crippen molar-refractivity contribution in [2.45, 2.75) is 58.6 Å². The van der Waals surface area contributed by atoms with Gasteiger partial charge in [0.05, 0.1) is 17.4 Å².